The van der Waals surface area contributed by atoms with E-state index in [2.05, 4.69) is 5.32 Å². The third kappa shape index (κ3) is 5.58. The molecule has 3 aliphatic heterocycles. The molecule has 1 aromatic carbocycles. The number of benzene rings is 1. The van der Waals surface area contributed by atoms with Gasteiger partial charge >= 0.3 is 12.1 Å². The van der Waals surface area contributed by atoms with E-state index < -0.39 is 11.6 Å². The molecule has 3 aliphatic rings. The number of hydrogen-bond donors (Lipinski definition) is 1. The Bertz CT molecular complexity index is 863. The fourth-order valence-electron chi connectivity index (χ4n) is 4.62. The van der Waals surface area contributed by atoms with Gasteiger partial charge < -0.3 is 19.9 Å². The predicted octanol–water partition coefficient (Wildman–Crippen LogP) is 2.90. The number of ether oxygens (including phenoxy) is 1. The fourth-order valence-corrected chi connectivity index (χ4v) is 4.62. The molecule has 3 fully saturated rings. The Morgan fingerprint density at radius 3 is 2.42 bits per heavy atom. The lowest BCUT2D eigenvalue weighted by Crippen LogP contribution is -2.54. The Labute approximate surface area is 194 Å². The molecule has 1 aromatic rings. The van der Waals surface area contributed by atoms with Crippen LogP contribution in [0.3, 0.4) is 0 Å². The standard InChI is InChI=1S/C24H34N4O5/c1-24(2,3)33-23(31)26-13-11-18(12-14-26)25-21(29)20-10-9-19-15-27(20)22(30)28(19)32-16-17-7-5-4-6-8-17/h4-8,18-20H,9-16H2,1-3H3,(H,25,29)/t19-,20-/m0/s1. The third-order valence-electron chi connectivity index (χ3n) is 6.33. The Morgan fingerprint density at radius 1 is 1.06 bits per heavy atom. The highest BCUT2D eigenvalue weighted by Crippen LogP contribution is 2.31. The third-order valence-corrected chi connectivity index (χ3v) is 6.33. The number of fused-ring (bicyclic) bond motifs is 2. The molecule has 4 amide bonds. The lowest BCUT2D eigenvalue weighted by molar-refractivity contribution is -0.140. The molecule has 1 N–H and O–H groups in total. The smallest absolute Gasteiger partial charge is 0.410 e. The van der Waals surface area contributed by atoms with Crippen molar-refractivity contribution in [2.45, 2.75) is 76.8 Å². The van der Waals surface area contributed by atoms with Gasteiger partial charge in [-0.25, -0.2) is 9.59 Å². The van der Waals surface area contributed by atoms with Crippen LogP contribution in [0, 0.1) is 0 Å². The highest BCUT2D eigenvalue weighted by Gasteiger charge is 2.48. The van der Waals surface area contributed by atoms with E-state index in [4.69, 9.17) is 9.57 Å². The SMILES string of the molecule is CC(C)(C)OC(=O)N1CCC(NC(=O)[C@@H]2CC[C@H]3CN2C(=O)N3OCc2ccccc2)CC1. The van der Waals surface area contributed by atoms with E-state index >= 15 is 0 Å². The van der Waals surface area contributed by atoms with Crippen molar-refractivity contribution < 1.29 is 24.0 Å². The summed E-state index contributed by atoms with van der Waals surface area (Å²) >= 11 is 0. The zero-order valence-corrected chi connectivity index (χ0v) is 19.7. The van der Waals surface area contributed by atoms with Gasteiger partial charge in [0.1, 0.15) is 18.2 Å². The maximum Gasteiger partial charge on any atom is 0.410 e. The van der Waals surface area contributed by atoms with E-state index in [0.717, 1.165) is 12.0 Å². The summed E-state index contributed by atoms with van der Waals surface area (Å²) in [7, 11) is 0. The summed E-state index contributed by atoms with van der Waals surface area (Å²) in [6.07, 6.45) is 2.36. The lowest BCUT2D eigenvalue weighted by Gasteiger charge is -2.35. The van der Waals surface area contributed by atoms with Crippen LogP contribution in [0.25, 0.3) is 0 Å². The molecule has 2 atom stereocenters. The van der Waals surface area contributed by atoms with Gasteiger partial charge in [-0.1, -0.05) is 30.3 Å². The molecule has 33 heavy (non-hydrogen) atoms. The Morgan fingerprint density at radius 2 is 1.76 bits per heavy atom. The molecule has 9 heteroatoms. The highest BCUT2D eigenvalue weighted by molar-refractivity contribution is 5.88. The maximum atomic E-state index is 13.0. The molecule has 3 saturated heterocycles. The van der Waals surface area contributed by atoms with Crippen molar-refractivity contribution in [2.75, 3.05) is 19.6 Å². The highest BCUT2D eigenvalue weighted by atomic mass is 16.7. The minimum Gasteiger partial charge on any atom is -0.444 e. The fraction of sp³-hybridized carbons (Fsp3) is 0.625. The first-order valence-electron chi connectivity index (χ1n) is 11.8. The van der Waals surface area contributed by atoms with Crippen molar-refractivity contribution in [1.29, 1.82) is 0 Å². The van der Waals surface area contributed by atoms with Gasteiger partial charge in [0.2, 0.25) is 5.91 Å². The van der Waals surface area contributed by atoms with E-state index in [9.17, 15) is 14.4 Å². The summed E-state index contributed by atoms with van der Waals surface area (Å²) in [5.74, 6) is -0.123. The van der Waals surface area contributed by atoms with Crippen LogP contribution in [0.4, 0.5) is 9.59 Å². The maximum absolute atomic E-state index is 13.0. The molecule has 0 aromatic heterocycles. The normalized spacial score (nSPS) is 23.6. The van der Waals surface area contributed by atoms with Crippen LogP contribution in [0.1, 0.15) is 52.0 Å². The van der Waals surface area contributed by atoms with Crippen molar-refractivity contribution in [2.24, 2.45) is 0 Å². The van der Waals surface area contributed by atoms with Crippen LogP contribution < -0.4 is 5.32 Å². The second-order valence-corrected chi connectivity index (χ2v) is 10.0. The molecule has 0 aliphatic carbocycles. The molecular formula is C24H34N4O5. The number of piperidine rings is 2. The van der Waals surface area contributed by atoms with Crippen LogP contribution in [-0.4, -0.2) is 76.3 Å². The molecular weight excluding hydrogens is 424 g/mol. The van der Waals surface area contributed by atoms with Crippen molar-refractivity contribution >= 4 is 18.0 Å². The second-order valence-electron chi connectivity index (χ2n) is 10.0. The first-order valence-corrected chi connectivity index (χ1v) is 11.8. The van der Waals surface area contributed by atoms with Crippen LogP contribution in [-0.2, 0) is 21.0 Å². The van der Waals surface area contributed by atoms with Crippen molar-refractivity contribution in [3.8, 4) is 0 Å². The molecule has 0 spiro atoms. The van der Waals surface area contributed by atoms with Gasteiger partial charge in [-0.2, -0.15) is 5.06 Å². The summed E-state index contributed by atoms with van der Waals surface area (Å²) in [6.45, 7) is 7.44. The predicted molar refractivity (Wildman–Crippen MR) is 121 cm³/mol. The molecule has 4 rings (SSSR count). The number of likely N-dealkylation sites (tertiary alicyclic amines) is 1. The summed E-state index contributed by atoms with van der Waals surface area (Å²) < 4.78 is 5.43. The summed E-state index contributed by atoms with van der Waals surface area (Å²) in [6, 6.07) is 8.95. The topological polar surface area (TPSA) is 91.4 Å². The first-order chi connectivity index (χ1) is 15.7. The average molecular weight is 459 g/mol. The van der Waals surface area contributed by atoms with E-state index in [1.807, 2.05) is 51.1 Å². The van der Waals surface area contributed by atoms with E-state index in [-0.39, 0.29) is 30.1 Å². The van der Waals surface area contributed by atoms with Crippen LogP contribution in [0.2, 0.25) is 0 Å². The Hall–Kier alpha value is -2.81. The van der Waals surface area contributed by atoms with Gasteiger partial charge in [-0.3, -0.25) is 9.63 Å². The summed E-state index contributed by atoms with van der Waals surface area (Å²) in [5, 5.41) is 4.55. The minimum absolute atomic E-state index is 0.0166. The van der Waals surface area contributed by atoms with Crippen molar-refractivity contribution in [3.63, 3.8) is 0 Å². The van der Waals surface area contributed by atoms with Crippen LogP contribution >= 0.6 is 0 Å². The minimum atomic E-state index is -0.526. The number of carbonyl (C=O) groups is 3. The summed E-state index contributed by atoms with van der Waals surface area (Å²) in [4.78, 5) is 47.3. The van der Waals surface area contributed by atoms with Crippen LogP contribution in [0.5, 0.6) is 0 Å². The Kier molecular flexibility index (Phi) is 6.78. The van der Waals surface area contributed by atoms with Gasteiger partial charge in [-0.15, -0.1) is 0 Å². The largest absolute Gasteiger partial charge is 0.444 e. The Balaban J connectivity index is 1.26. The molecule has 2 bridgehead atoms. The number of nitrogens with one attached hydrogen (secondary N) is 1. The number of hydroxylamine groups is 2. The molecule has 3 heterocycles. The second kappa shape index (κ2) is 9.59. The quantitative estimate of drug-likeness (QED) is 0.733. The number of carbonyl (C=O) groups excluding carboxylic acids is 3. The van der Waals surface area contributed by atoms with Crippen LogP contribution in [0.15, 0.2) is 30.3 Å². The molecule has 180 valence electrons. The summed E-state index contributed by atoms with van der Waals surface area (Å²) in [5.41, 5.74) is 0.468. The number of rotatable bonds is 5. The number of hydrogen-bond acceptors (Lipinski definition) is 5. The van der Waals surface area contributed by atoms with Crippen molar-refractivity contribution in [1.82, 2.24) is 20.2 Å². The zero-order chi connectivity index (χ0) is 23.6. The molecule has 9 nitrogen and oxygen atoms in total. The average Bonchev–Trinajstić information content (AvgIpc) is 3.01. The van der Waals surface area contributed by atoms with E-state index in [1.54, 1.807) is 9.80 Å². The van der Waals surface area contributed by atoms with Crippen molar-refractivity contribution in [3.05, 3.63) is 35.9 Å². The van der Waals surface area contributed by atoms with E-state index in [0.29, 0.717) is 45.5 Å². The monoisotopic (exact) mass is 458 g/mol. The number of nitrogens with zero attached hydrogens (tertiary/aromatic N) is 3. The van der Waals surface area contributed by atoms with Gasteiger partial charge in [0, 0.05) is 25.7 Å². The molecule has 0 radical (unpaired) electrons. The van der Waals surface area contributed by atoms with Gasteiger partial charge in [0.05, 0.1) is 6.04 Å². The van der Waals surface area contributed by atoms with Gasteiger partial charge in [0.15, 0.2) is 0 Å². The first kappa shape index (κ1) is 23.4. The van der Waals surface area contributed by atoms with E-state index in [1.165, 1.54) is 5.06 Å². The molecule has 0 unspecified atom stereocenters. The lowest BCUT2D eigenvalue weighted by atomic mass is 9.99. The molecule has 0 saturated carbocycles. The van der Waals surface area contributed by atoms with Gasteiger partial charge in [-0.05, 0) is 52.0 Å². The zero-order valence-electron chi connectivity index (χ0n) is 19.7. The number of amides is 4. The van der Waals surface area contributed by atoms with Gasteiger partial charge in [0.25, 0.3) is 0 Å². The number of urea groups is 1.